The van der Waals surface area contributed by atoms with E-state index in [1.807, 2.05) is 17.1 Å². The molecule has 146 valence electrons. The van der Waals surface area contributed by atoms with Gasteiger partial charge in [-0.1, -0.05) is 91.0 Å². The average molecular weight is 390 g/mol. The van der Waals surface area contributed by atoms with E-state index in [9.17, 15) is 0 Å². The molecular formula is C27H23N3. The molecule has 0 bridgehead atoms. The first-order valence-electron chi connectivity index (χ1n) is 10.3. The van der Waals surface area contributed by atoms with Crippen LogP contribution in [0.25, 0.3) is 0 Å². The number of hydrazone groups is 1. The fourth-order valence-electron chi connectivity index (χ4n) is 3.98. The Bertz CT molecular complexity index is 1150. The second kappa shape index (κ2) is 7.88. The molecule has 1 heterocycles. The van der Waals surface area contributed by atoms with Crippen molar-refractivity contribution < 1.29 is 0 Å². The minimum absolute atomic E-state index is 0.129. The van der Waals surface area contributed by atoms with Gasteiger partial charge in [-0.15, -0.1) is 5.10 Å². The zero-order valence-corrected chi connectivity index (χ0v) is 16.9. The molecule has 3 nitrogen and oxygen atoms in total. The van der Waals surface area contributed by atoms with E-state index in [0.717, 1.165) is 28.5 Å². The molecular weight excluding hydrogens is 366 g/mol. The maximum absolute atomic E-state index is 5.17. The van der Waals surface area contributed by atoms with Crippen molar-refractivity contribution in [1.29, 1.82) is 0 Å². The van der Waals surface area contributed by atoms with Crippen molar-refractivity contribution in [3.63, 3.8) is 0 Å². The van der Waals surface area contributed by atoms with Crippen molar-refractivity contribution in [2.75, 3.05) is 9.91 Å². The first-order valence-corrected chi connectivity index (χ1v) is 10.3. The Labute approximate surface area is 177 Å². The second-order valence-electron chi connectivity index (χ2n) is 7.38. The minimum Gasteiger partial charge on any atom is -0.315 e. The normalized spacial score (nSPS) is 14.1. The van der Waals surface area contributed by atoms with Crippen molar-refractivity contribution in [2.45, 2.75) is 13.0 Å². The predicted molar refractivity (Wildman–Crippen MR) is 125 cm³/mol. The van der Waals surface area contributed by atoms with Crippen molar-refractivity contribution in [2.24, 2.45) is 5.10 Å². The van der Waals surface area contributed by atoms with Crippen LogP contribution in [-0.2, 0) is 0 Å². The molecule has 5 rings (SSSR count). The lowest BCUT2D eigenvalue weighted by atomic mass is 10.0. The third-order valence-corrected chi connectivity index (χ3v) is 5.49. The lowest BCUT2D eigenvalue weighted by Crippen LogP contribution is -2.39. The van der Waals surface area contributed by atoms with Crippen molar-refractivity contribution in [1.82, 2.24) is 0 Å². The Morgan fingerprint density at radius 1 is 0.600 bits per heavy atom. The SMILES string of the molecule is CC(c1ccccc1)N1C(c2ccccc2)=NN(c2ccccc2)c2ccccc21. The molecule has 0 aromatic heterocycles. The van der Waals surface area contributed by atoms with Gasteiger partial charge in [-0.05, 0) is 36.8 Å². The maximum Gasteiger partial charge on any atom is 0.161 e. The molecule has 0 saturated heterocycles. The molecule has 1 atom stereocenters. The van der Waals surface area contributed by atoms with Crippen LogP contribution >= 0.6 is 0 Å². The maximum atomic E-state index is 5.17. The molecule has 0 saturated carbocycles. The van der Waals surface area contributed by atoms with E-state index < -0.39 is 0 Å². The number of anilines is 3. The largest absolute Gasteiger partial charge is 0.315 e. The number of hydrogen-bond acceptors (Lipinski definition) is 3. The van der Waals surface area contributed by atoms with Gasteiger partial charge in [0.15, 0.2) is 5.84 Å². The first kappa shape index (κ1) is 18.2. The average Bonchev–Trinajstić information content (AvgIpc) is 2.84. The summed E-state index contributed by atoms with van der Waals surface area (Å²) in [6.45, 7) is 2.24. The molecule has 0 spiro atoms. The lowest BCUT2D eigenvalue weighted by Gasteiger charge is -2.40. The van der Waals surface area contributed by atoms with Crippen LogP contribution in [0.5, 0.6) is 0 Å². The summed E-state index contributed by atoms with van der Waals surface area (Å²) in [7, 11) is 0. The number of amidine groups is 1. The minimum atomic E-state index is 0.129. The Morgan fingerprint density at radius 3 is 1.80 bits per heavy atom. The van der Waals surface area contributed by atoms with Gasteiger partial charge in [0.05, 0.1) is 23.1 Å². The molecule has 1 aliphatic heterocycles. The number of rotatable bonds is 4. The molecule has 0 N–H and O–H groups in total. The standard InChI is InChI=1S/C27H23N3/c1-21(22-13-5-2-6-14-22)29-25-19-11-12-20-26(25)30(24-17-9-4-10-18-24)28-27(29)23-15-7-3-8-16-23/h2-21H,1H3. The van der Waals surface area contributed by atoms with Gasteiger partial charge in [-0.25, -0.2) is 5.01 Å². The molecule has 1 unspecified atom stereocenters. The molecule has 0 radical (unpaired) electrons. The Hall–Kier alpha value is -3.85. The molecule has 0 amide bonds. The fourth-order valence-corrected chi connectivity index (χ4v) is 3.98. The van der Waals surface area contributed by atoms with Crippen molar-refractivity contribution >= 4 is 22.9 Å². The summed E-state index contributed by atoms with van der Waals surface area (Å²) in [6, 6.07) is 40.0. The molecule has 1 aliphatic rings. The van der Waals surface area contributed by atoms with Crippen LogP contribution in [0, 0.1) is 0 Å². The van der Waals surface area contributed by atoms with Crippen LogP contribution < -0.4 is 9.91 Å². The third kappa shape index (κ3) is 3.25. The summed E-state index contributed by atoms with van der Waals surface area (Å²) >= 11 is 0. The number of benzene rings is 4. The highest BCUT2D eigenvalue weighted by molar-refractivity contribution is 6.14. The molecule has 0 fully saturated rings. The zero-order valence-electron chi connectivity index (χ0n) is 16.9. The van der Waals surface area contributed by atoms with Gasteiger partial charge in [0.2, 0.25) is 0 Å². The van der Waals surface area contributed by atoms with Gasteiger partial charge in [-0.3, -0.25) is 0 Å². The van der Waals surface area contributed by atoms with E-state index in [2.05, 4.69) is 115 Å². The van der Waals surface area contributed by atoms with Crippen LogP contribution in [0.1, 0.15) is 24.1 Å². The van der Waals surface area contributed by atoms with E-state index in [1.54, 1.807) is 0 Å². The third-order valence-electron chi connectivity index (χ3n) is 5.49. The Balaban J connectivity index is 1.72. The van der Waals surface area contributed by atoms with Crippen LogP contribution in [0.2, 0.25) is 0 Å². The summed E-state index contributed by atoms with van der Waals surface area (Å²) in [6.07, 6.45) is 0. The first-order chi connectivity index (χ1) is 14.8. The predicted octanol–water partition coefficient (Wildman–Crippen LogP) is 6.77. The lowest BCUT2D eigenvalue weighted by molar-refractivity contribution is 0.777. The van der Waals surface area contributed by atoms with Gasteiger partial charge in [0, 0.05) is 5.56 Å². The number of fused-ring (bicyclic) bond motifs is 1. The Kier molecular flexibility index (Phi) is 4.78. The van der Waals surface area contributed by atoms with E-state index in [-0.39, 0.29) is 6.04 Å². The quantitative estimate of drug-likeness (QED) is 0.384. The summed E-state index contributed by atoms with van der Waals surface area (Å²) < 4.78 is 0. The smallest absolute Gasteiger partial charge is 0.161 e. The van der Waals surface area contributed by atoms with Gasteiger partial charge in [0.25, 0.3) is 0 Å². The topological polar surface area (TPSA) is 18.8 Å². The summed E-state index contributed by atoms with van der Waals surface area (Å²) in [4.78, 5) is 2.35. The molecule has 4 aromatic rings. The fraction of sp³-hybridized carbons (Fsp3) is 0.0741. The van der Waals surface area contributed by atoms with Gasteiger partial charge in [0.1, 0.15) is 0 Å². The Morgan fingerprint density at radius 2 is 1.13 bits per heavy atom. The number of nitrogens with zero attached hydrogens (tertiary/aromatic N) is 3. The highest BCUT2D eigenvalue weighted by Gasteiger charge is 2.31. The highest BCUT2D eigenvalue weighted by Crippen LogP contribution is 2.42. The van der Waals surface area contributed by atoms with Gasteiger partial charge in [-0.2, -0.15) is 0 Å². The van der Waals surface area contributed by atoms with Crippen molar-refractivity contribution in [3.05, 3.63) is 126 Å². The second-order valence-corrected chi connectivity index (χ2v) is 7.38. The van der Waals surface area contributed by atoms with Crippen LogP contribution in [0.3, 0.4) is 0 Å². The van der Waals surface area contributed by atoms with E-state index >= 15 is 0 Å². The van der Waals surface area contributed by atoms with Crippen LogP contribution in [0.15, 0.2) is 120 Å². The van der Waals surface area contributed by atoms with Gasteiger partial charge < -0.3 is 4.90 Å². The molecule has 4 aromatic carbocycles. The zero-order chi connectivity index (χ0) is 20.3. The van der Waals surface area contributed by atoms with Gasteiger partial charge >= 0.3 is 0 Å². The van der Waals surface area contributed by atoms with E-state index in [4.69, 9.17) is 5.10 Å². The molecule has 0 aliphatic carbocycles. The van der Waals surface area contributed by atoms with Crippen molar-refractivity contribution in [3.8, 4) is 0 Å². The monoisotopic (exact) mass is 389 g/mol. The summed E-state index contributed by atoms with van der Waals surface area (Å²) in [5.74, 6) is 0.939. The van der Waals surface area contributed by atoms with E-state index in [0.29, 0.717) is 0 Å². The number of para-hydroxylation sites is 3. The van der Waals surface area contributed by atoms with Crippen LogP contribution in [-0.4, -0.2) is 5.84 Å². The molecule has 30 heavy (non-hydrogen) atoms. The summed E-state index contributed by atoms with van der Waals surface area (Å²) in [5, 5.41) is 7.22. The highest BCUT2D eigenvalue weighted by atomic mass is 15.5. The molecule has 3 heteroatoms. The van der Waals surface area contributed by atoms with Crippen LogP contribution in [0.4, 0.5) is 17.1 Å². The summed E-state index contributed by atoms with van der Waals surface area (Å²) in [5.41, 5.74) is 5.61. The van der Waals surface area contributed by atoms with E-state index in [1.165, 1.54) is 5.56 Å². The number of hydrogen-bond donors (Lipinski definition) is 0.